The van der Waals surface area contributed by atoms with Gasteiger partial charge >= 0.3 is 0 Å². The fourth-order valence-electron chi connectivity index (χ4n) is 2.24. The van der Waals surface area contributed by atoms with Gasteiger partial charge < -0.3 is 10.3 Å². The van der Waals surface area contributed by atoms with E-state index in [1.165, 1.54) is 0 Å². The summed E-state index contributed by atoms with van der Waals surface area (Å²) in [7, 11) is 0. The van der Waals surface area contributed by atoms with Gasteiger partial charge in [-0.2, -0.15) is 5.26 Å². The molecule has 2 N–H and O–H groups in total. The lowest BCUT2D eigenvalue weighted by molar-refractivity contribution is 0.964. The molecule has 106 valence electrons. The van der Waals surface area contributed by atoms with Crippen molar-refractivity contribution in [1.82, 2.24) is 4.57 Å². The number of hydrogen-bond donors (Lipinski definition) is 1. The second-order valence-corrected chi connectivity index (χ2v) is 5.55. The van der Waals surface area contributed by atoms with Gasteiger partial charge in [-0.05, 0) is 55.8 Å². The van der Waals surface area contributed by atoms with Crippen LogP contribution >= 0.6 is 23.8 Å². The summed E-state index contributed by atoms with van der Waals surface area (Å²) in [6.07, 6.45) is 1.72. The molecule has 0 bridgehead atoms. The monoisotopic (exact) mass is 315 g/mol. The van der Waals surface area contributed by atoms with Crippen molar-refractivity contribution in [3.05, 3.63) is 57.9 Å². The number of rotatable bonds is 3. The fourth-order valence-corrected chi connectivity index (χ4v) is 2.47. The van der Waals surface area contributed by atoms with Crippen molar-refractivity contribution in [2.75, 3.05) is 0 Å². The average molecular weight is 316 g/mol. The first-order valence-corrected chi connectivity index (χ1v) is 7.09. The van der Waals surface area contributed by atoms with Crippen LogP contribution in [0.4, 0.5) is 0 Å². The third kappa shape index (κ3) is 3.15. The van der Waals surface area contributed by atoms with Crippen LogP contribution < -0.4 is 5.73 Å². The molecule has 0 radical (unpaired) electrons. The molecular weight excluding hydrogens is 302 g/mol. The average Bonchev–Trinajstić information content (AvgIpc) is 2.71. The Labute approximate surface area is 134 Å². The van der Waals surface area contributed by atoms with Crippen LogP contribution in [0.25, 0.3) is 11.8 Å². The van der Waals surface area contributed by atoms with Gasteiger partial charge in [0.05, 0.1) is 5.57 Å². The maximum Gasteiger partial charge on any atom is 0.114 e. The zero-order chi connectivity index (χ0) is 15.6. The smallest absolute Gasteiger partial charge is 0.114 e. The first-order chi connectivity index (χ1) is 9.93. The lowest BCUT2D eigenvalue weighted by Crippen LogP contribution is -2.09. The largest absolute Gasteiger partial charge is 0.389 e. The summed E-state index contributed by atoms with van der Waals surface area (Å²) < 4.78 is 2.09. The van der Waals surface area contributed by atoms with E-state index in [4.69, 9.17) is 34.8 Å². The van der Waals surface area contributed by atoms with E-state index in [9.17, 15) is 0 Å². The minimum Gasteiger partial charge on any atom is -0.389 e. The van der Waals surface area contributed by atoms with Gasteiger partial charge in [-0.3, -0.25) is 0 Å². The SMILES string of the molecule is Cc1cc(C=C(C#N)C(N)=S)c(C)n1-c1ccc(Cl)cc1. The molecule has 0 spiro atoms. The number of halogens is 1. The van der Waals surface area contributed by atoms with Crippen LogP contribution in [0.3, 0.4) is 0 Å². The lowest BCUT2D eigenvalue weighted by atomic mass is 10.1. The maximum atomic E-state index is 9.07. The molecule has 0 atom stereocenters. The second-order valence-electron chi connectivity index (χ2n) is 4.67. The standard InChI is InChI=1S/C16H14ClN3S/c1-10-7-12(8-13(9-18)16(19)21)11(2)20(10)15-5-3-14(17)4-6-15/h3-8H,1-2H3,(H2,19,21). The molecule has 0 aliphatic heterocycles. The van der Waals surface area contributed by atoms with Crippen LogP contribution in [-0.4, -0.2) is 9.56 Å². The van der Waals surface area contributed by atoms with Crippen molar-refractivity contribution in [2.45, 2.75) is 13.8 Å². The van der Waals surface area contributed by atoms with Gasteiger partial charge in [0.2, 0.25) is 0 Å². The topological polar surface area (TPSA) is 54.7 Å². The molecule has 2 aromatic rings. The Morgan fingerprint density at radius 1 is 1.33 bits per heavy atom. The summed E-state index contributed by atoms with van der Waals surface area (Å²) >= 11 is 10.8. The molecule has 3 nitrogen and oxygen atoms in total. The van der Waals surface area contributed by atoms with Crippen LogP contribution in [0.15, 0.2) is 35.9 Å². The Morgan fingerprint density at radius 2 is 1.95 bits per heavy atom. The lowest BCUT2D eigenvalue weighted by Gasteiger charge is -2.09. The molecule has 2 rings (SSSR count). The van der Waals surface area contributed by atoms with E-state index in [1.54, 1.807) is 6.08 Å². The van der Waals surface area contributed by atoms with Crippen LogP contribution in [0.5, 0.6) is 0 Å². The molecule has 1 aromatic carbocycles. The van der Waals surface area contributed by atoms with E-state index in [0.717, 1.165) is 22.6 Å². The molecule has 0 saturated carbocycles. The second kappa shape index (κ2) is 6.13. The van der Waals surface area contributed by atoms with Crippen LogP contribution in [-0.2, 0) is 0 Å². The van der Waals surface area contributed by atoms with Gasteiger partial charge in [0.25, 0.3) is 0 Å². The van der Waals surface area contributed by atoms with Crippen LogP contribution in [0, 0.1) is 25.2 Å². The highest BCUT2D eigenvalue weighted by molar-refractivity contribution is 7.80. The minimum atomic E-state index is 0.105. The van der Waals surface area contributed by atoms with E-state index in [-0.39, 0.29) is 4.99 Å². The van der Waals surface area contributed by atoms with E-state index in [0.29, 0.717) is 10.6 Å². The normalized spacial score (nSPS) is 11.2. The quantitative estimate of drug-likeness (QED) is 0.530. The van der Waals surface area contributed by atoms with Gasteiger partial charge in [0, 0.05) is 22.1 Å². The molecule has 1 aromatic heterocycles. The van der Waals surface area contributed by atoms with E-state index < -0.39 is 0 Å². The third-order valence-electron chi connectivity index (χ3n) is 3.24. The Balaban J connectivity index is 2.55. The van der Waals surface area contributed by atoms with E-state index >= 15 is 0 Å². The number of nitriles is 1. The molecule has 0 aliphatic carbocycles. The third-order valence-corrected chi connectivity index (χ3v) is 3.71. The zero-order valence-corrected chi connectivity index (χ0v) is 13.3. The predicted molar refractivity (Wildman–Crippen MR) is 90.6 cm³/mol. The first kappa shape index (κ1) is 15.3. The van der Waals surface area contributed by atoms with Gasteiger partial charge in [-0.25, -0.2) is 0 Å². The molecule has 0 amide bonds. The van der Waals surface area contributed by atoms with Gasteiger partial charge in [-0.15, -0.1) is 0 Å². The Bertz CT molecular complexity index is 764. The van der Waals surface area contributed by atoms with Gasteiger partial charge in [0.15, 0.2) is 0 Å². The molecule has 0 unspecified atom stereocenters. The molecule has 1 heterocycles. The number of aromatic nitrogens is 1. The predicted octanol–water partition coefficient (Wildman–Crippen LogP) is 3.94. The summed E-state index contributed by atoms with van der Waals surface area (Å²) in [5.41, 5.74) is 9.85. The molecule has 5 heteroatoms. The Morgan fingerprint density at radius 3 is 2.48 bits per heavy atom. The number of nitrogens with zero attached hydrogens (tertiary/aromatic N) is 2. The maximum absolute atomic E-state index is 9.07. The first-order valence-electron chi connectivity index (χ1n) is 6.30. The van der Waals surface area contributed by atoms with Gasteiger partial charge in [0.1, 0.15) is 11.1 Å². The van der Waals surface area contributed by atoms with Crippen LogP contribution in [0.2, 0.25) is 5.02 Å². The van der Waals surface area contributed by atoms with Crippen molar-refractivity contribution >= 4 is 34.9 Å². The number of aryl methyl sites for hydroxylation is 1. The summed E-state index contributed by atoms with van der Waals surface area (Å²) in [5.74, 6) is 0. The van der Waals surface area contributed by atoms with Crippen LogP contribution in [0.1, 0.15) is 17.0 Å². The molecule has 0 fully saturated rings. The Kier molecular flexibility index (Phi) is 4.46. The summed E-state index contributed by atoms with van der Waals surface area (Å²) in [5, 5.41) is 9.76. The number of nitrogens with two attached hydrogens (primary N) is 1. The molecule has 21 heavy (non-hydrogen) atoms. The van der Waals surface area contributed by atoms with E-state index in [1.807, 2.05) is 50.2 Å². The summed E-state index contributed by atoms with van der Waals surface area (Å²) in [6.45, 7) is 3.99. The molecule has 0 aliphatic rings. The summed E-state index contributed by atoms with van der Waals surface area (Å²) in [4.78, 5) is 0.105. The van der Waals surface area contributed by atoms with Crippen molar-refractivity contribution < 1.29 is 0 Å². The molecular formula is C16H14ClN3S. The number of benzene rings is 1. The minimum absolute atomic E-state index is 0.105. The zero-order valence-electron chi connectivity index (χ0n) is 11.7. The highest BCUT2D eigenvalue weighted by atomic mass is 35.5. The van der Waals surface area contributed by atoms with E-state index in [2.05, 4.69) is 4.57 Å². The van der Waals surface area contributed by atoms with Crippen molar-refractivity contribution in [2.24, 2.45) is 5.73 Å². The fraction of sp³-hybridized carbons (Fsp3) is 0.125. The highest BCUT2D eigenvalue weighted by Gasteiger charge is 2.10. The van der Waals surface area contributed by atoms with Crippen molar-refractivity contribution in [3.63, 3.8) is 0 Å². The highest BCUT2D eigenvalue weighted by Crippen LogP contribution is 2.23. The van der Waals surface area contributed by atoms with Gasteiger partial charge in [-0.1, -0.05) is 23.8 Å². The molecule has 0 saturated heterocycles. The summed E-state index contributed by atoms with van der Waals surface area (Å²) in [6, 6.07) is 11.6. The van der Waals surface area contributed by atoms with Crippen molar-refractivity contribution in [1.29, 1.82) is 5.26 Å². The Hall–Kier alpha value is -2.09. The number of thiocarbonyl (C=S) groups is 1. The van der Waals surface area contributed by atoms with Crippen molar-refractivity contribution in [3.8, 4) is 11.8 Å². The number of hydrogen-bond acceptors (Lipinski definition) is 2.